The van der Waals surface area contributed by atoms with Gasteiger partial charge in [0.2, 0.25) is 0 Å². The zero-order chi connectivity index (χ0) is 36.6. The lowest BCUT2D eigenvalue weighted by atomic mass is 9.99. The molecule has 0 aliphatic carbocycles. The minimum absolute atomic E-state index is 0.963. The average Bonchev–Trinajstić information content (AvgIpc) is 3.10. The Bertz CT molecular complexity index is 909. The van der Waals surface area contributed by atoms with Crippen molar-refractivity contribution in [2.75, 3.05) is 12.4 Å². The normalized spacial score (nSPS) is 9.87. The molecule has 0 fully saturated rings. The third-order valence-electron chi connectivity index (χ3n) is 6.87. The van der Waals surface area contributed by atoms with Gasteiger partial charge in [-0.05, 0) is 72.7 Å². The fourth-order valence-electron chi connectivity index (χ4n) is 3.47. The summed E-state index contributed by atoms with van der Waals surface area (Å²) in [6, 6.07) is 17.1. The molecule has 0 amide bonds. The van der Waals surface area contributed by atoms with Crippen molar-refractivity contribution in [3.63, 3.8) is 0 Å². The molecular formula is C45H81N. The fraction of sp³-hybridized carbons (Fsp3) is 0.600. The van der Waals surface area contributed by atoms with Gasteiger partial charge in [-0.3, -0.25) is 0 Å². The number of anilines is 1. The zero-order valence-electron chi connectivity index (χ0n) is 33.8. The van der Waals surface area contributed by atoms with Crippen LogP contribution in [0.2, 0.25) is 0 Å². The molecule has 0 radical (unpaired) electrons. The van der Waals surface area contributed by atoms with E-state index in [1.165, 1.54) is 98.5 Å². The fourth-order valence-corrected chi connectivity index (χ4v) is 3.47. The molecule has 0 spiro atoms. The molecule has 0 unspecified atom stereocenters. The van der Waals surface area contributed by atoms with E-state index < -0.39 is 0 Å². The molecule has 0 aliphatic heterocycles. The first kappa shape index (κ1) is 52.8. The number of benzene rings is 2. The summed E-state index contributed by atoms with van der Waals surface area (Å²) < 4.78 is 0. The number of hydrogen-bond donors (Lipinski definition) is 1. The molecule has 2 aromatic rings. The molecule has 0 saturated carbocycles. The van der Waals surface area contributed by atoms with Crippen molar-refractivity contribution < 1.29 is 0 Å². The first-order valence-corrected chi connectivity index (χ1v) is 18.6. The van der Waals surface area contributed by atoms with Gasteiger partial charge in [0.15, 0.2) is 0 Å². The Hall–Kier alpha value is -2.72. The highest BCUT2D eigenvalue weighted by Crippen LogP contribution is 2.25. The van der Waals surface area contributed by atoms with E-state index in [1.807, 2.05) is 7.05 Å². The number of allylic oxidation sites excluding steroid dienone is 3. The van der Waals surface area contributed by atoms with Gasteiger partial charge in [0.05, 0.1) is 0 Å². The number of unbranched alkanes of at least 4 members (excludes halogenated alkanes) is 3. The number of hydrogen-bond acceptors (Lipinski definition) is 1. The van der Waals surface area contributed by atoms with E-state index in [2.05, 4.69) is 176 Å². The van der Waals surface area contributed by atoms with Crippen LogP contribution in [0, 0.1) is 18.8 Å². The van der Waals surface area contributed by atoms with Crippen LogP contribution in [0.5, 0.6) is 0 Å². The highest BCUT2D eigenvalue weighted by atomic mass is 14.8. The predicted octanol–water partition coefficient (Wildman–Crippen LogP) is 16.0. The van der Waals surface area contributed by atoms with Crippen molar-refractivity contribution >= 4 is 22.9 Å². The molecule has 0 saturated heterocycles. The van der Waals surface area contributed by atoms with Crippen molar-refractivity contribution in [3.05, 3.63) is 71.3 Å². The standard InChI is InChI=1S/C20H23N.C8H18.3C4H10.C3H8.C2H2/c1-5-15(2)17-10-8-11-18(14-17)16(3)13-19-9-6-7-12-20(19)21-4;1-4-6-8(3)7-5-2;3*1-3-4-2;1-3-2;1-2/h5-14,21H,1-4H3;8H,4-7H2,1-3H3;3*3-4H2,1-2H3;3H2,1-2H3;1-2H/b15-5?,16-13+;;;;;;. The van der Waals surface area contributed by atoms with Crippen LogP contribution in [0.25, 0.3) is 17.2 Å². The summed E-state index contributed by atoms with van der Waals surface area (Å²) in [4.78, 5) is 0. The predicted molar refractivity (Wildman–Crippen MR) is 222 cm³/mol. The Labute approximate surface area is 292 Å². The zero-order valence-corrected chi connectivity index (χ0v) is 33.8. The van der Waals surface area contributed by atoms with Gasteiger partial charge in [0.1, 0.15) is 0 Å². The lowest BCUT2D eigenvalue weighted by Crippen LogP contribution is -1.91. The summed E-state index contributed by atoms with van der Waals surface area (Å²) in [5.41, 5.74) is 7.48. The van der Waals surface area contributed by atoms with Crippen molar-refractivity contribution in [3.8, 4) is 12.8 Å². The summed E-state index contributed by atoms with van der Waals surface area (Å²) in [7, 11) is 1.96. The molecule has 1 nitrogen and oxygen atoms in total. The topological polar surface area (TPSA) is 12.0 Å². The van der Waals surface area contributed by atoms with E-state index in [-0.39, 0.29) is 0 Å². The second-order valence-corrected chi connectivity index (χ2v) is 11.6. The molecular weight excluding hydrogens is 555 g/mol. The Balaban J connectivity index is -0.000000184. The van der Waals surface area contributed by atoms with Gasteiger partial charge in [-0.15, -0.1) is 12.8 Å². The van der Waals surface area contributed by atoms with Gasteiger partial charge < -0.3 is 5.32 Å². The van der Waals surface area contributed by atoms with Gasteiger partial charge in [-0.2, -0.15) is 0 Å². The van der Waals surface area contributed by atoms with Gasteiger partial charge in [-0.1, -0.05) is 189 Å². The largest absolute Gasteiger partial charge is 0.388 e. The summed E-state index contributed by atoms with van der Waals surface area (Å²) in [5, 5.41) is 3.24. The second kappa shape index (κ2) is 44.4. The maximum Gasteiger partial charge on any atom is 0.0411 e. The van der Waals surface area contributed by atoms with Crippen LogP contribution in [0.4, 0.5) is 5.69 Å². The smallest absolute Gasteiger partial charge is 0.0411 e. The summed E-state index contributed by atoms with van der Waals surface area (Å²) in [6.07, 6.45) is 27.1. The van der Waals surface area contributed by atoms with Gasteiger partial charge in [-0.25, -0.2) is 0 Å². The van der Waals surface area contributed by atoms with E-state index >= 15 is 0 Å². The minimum Gasteiger partial charge on any atom is -0.388 e. The molecule has 0 bridgehead atoms. The number of para-hydroxylation sites is 1. The lowest BCUT2D eigenvalue weighted by Gasteiger charge is -2.09. The molecule has 0 heterocycles. The molecule has 1 N–H and O–H groups in total. The van der Waals surface area contributed by atoms with Gasteiger partial charge in [0.25, 0.3) is 0 Å². The van der Waals surface area contributed by atoms with E-state index in [1.54, 1.807) is 0 Å². The van der Waals surface area contributed by atoms with Crippen LogP contribution < -0.4 is 5.32 Å². The summed E-state index contributed by atoms with van der Waals surface area (Å²) >= 11 is 0. The molecule has 0 aliphatic rings. The highest BCUT2D eigenvalue weighted by molar-refractivity contribution is 5.85. The van der Waals surface area contributed by atoms with Gasteiger partial charge >= 0.3 is 0 Å². The average molecular weight is 636 g/mol. The van der Waals surface area contributed by atoms with Gasteiger partial charge in [0, 0.05) is 12.7 Å². The van der Waals surface area contributed by atoms with Crippen molar-refractivity contribution in [2.45, 2.75) is 168 Å². The summed E-state index contributed by atoms with van der Waals surface area (Å²) in [6.45, 7) is 30.6. The van der Waals surface area contributed by atoms with Crippen LogP contribution in [0.1, 0.15) is 184 Å². The molecule has 0 atom stereocenters. The second-order valence-electron chi connectivity index (χ2n) is 11.6. The Morgan fingerprint density at radius 1 is 0.630 bits per heavy atom. The van der Waals surface area contributed by atoms with Crippen LogP contribution in [0.15, 0.2) is 54.6 Å². The molecule has 46 heavy (non-hydrogen) atoms. The first-order chi connectivity index (χ1) is 22.1. The van der Waals surface area contributed by atoms with E-state index in [0.29, 0.717) is 0 Å². The van der Waals surface area contributed by atoms with Crippen molar-refractivity contribution in [1.82, 2.24) is 0 Å². The lowest BCUT2D eigenvalue weighted by molar-refractivity contribution is 0.480. The minimum atomic E-state index is 0.963. The Morgan fingerprint density at radius 3 is 1.37 bits per heavy atom. The van der Waals surface area contributed by atoms with E-state index in [4.69, 9.17) is 0 Å². The monoisotopic (exact) mass is 636 g/mol. The maximum atomic E-state index is 4.00. The number of rotatable bonds is 11. The maximum absolute atomic E-state index is 4.00. The first-order valence-electron chi connectivity index (χ1n) is 18.6. The Kier molecular flexibility index (Phi) is 51.0. The molecule has 0 aromatic heterocycles. The van der Waals surface area contributed by atoms with E-state index in [9.17, 15) is 0 Å². The van der Waals surface area contributed by atoms with Crippen LogP contribution in [-0.2, 0) is 0 Å². The third kappa shape index (κ3) is 35.8. The number of terminal acetylenes is 1. The number of nitrogens with one attached hydrogen (secondary N) is 1. The molecule has 2 aromatic carbocycles. The third-order valence-corrected chi connectivity index (χ3v) is 6.87. The van der Waals surface area contributed by atoms with Crippen LogP contribution >= 0.6 is 0 Å². The SMILES string of the molecule is C#C.CC=C(C)c1cccc(/C(C)=C/c2ccccc2NC)c1.CCC.CCCC.CCCC.CCCC.CCCC(C)CCC. The quantitative estimate of drug-likeness (QED) is 0.191. The Morgan fingerprint density at radius 2 is 1.02 bits per heavy atom. The van der Waals surface area contributed by atoms with Crippen molar-refractivity contribution in [2.24, 2.45) is 5.92 Å². The van der Waals surface area contributed by atoms with Crippen LogP contribution in [-0.4, -0.2) is 7.05 Å². The van der Waals surface area contributed by atoms with Crippen molar-refractivity contribution in [1.29, 1.82) is 0 Å². The molecule has 1 heteroatoms. The highest BCUT2D eigenvalue weighted by Gasteiger charge is 2.02. The molecule has 2 rings (SSSR count). The van der Waals surface area contributed by atoms with E-state index in [0.717, 1.165) is 11.6 Å². The van der Waals surface area contributed by atoms with Crippen LogP contribution in [0.3, 0.4) is 0 Å². The summed E-state index contributed by atoms with van der Waals surface area (Å²) in [5.74, 6) is 0.963. The molecule has 266 valence electrons.